The Balaban J connectivity index is 2.22. The van der Waals surface area contributed by atoms with Gasteiger partial charge in [-0.05, 0) is 32.9 Å². The first kappa shape index (κ1) is 8.69. The Morgan fingerprint density at radius 2 is 2.08 bits per heavy atom. The molecule has 72 valence electrons. The monoisotopic (exact) mass is 181 g/mol. The lowest BCUT2D eigenvalue weighted by molar-refractivity contribution is 0.241. The van der Waals surface area contributed by atoms with Crippen LogP contribution in [0.5, 0.6) is 0 Å². The van der Waals surface area contributed by atoms with Crippen molar-refractivity contribution in [1.82, 2.24) is 15.5 Å². The molecule has 1 aliphatic heterocycles. The largest absolute Gasteiger partial charge is 0.339 e. The summed E-state index contributed by atoms with van der Waals surface area (Å²) in [5.41, 5.74) is 0.0898. The van der Waals surface area contributed by atoms with Gasteiger partial charge in [-0.25, -0.2) is 0 Å². The molecule has 4 nitrogen and oxygen atoms in total. The Kier molecular flexibility index (Phi) is 2.07. The molecule has 0 aliphatic carbocycles. The predicted octanol–water partition coefficient (Wildman–Crippen LogP) is 1.02. The molecule has 2 heterocycles. The predicted molar refractivity (Wildman–Crippen MR) is 48.5 cm³/mol. The minimum Gasteiger partial charge on any atom is -0.339 e. The second-order valence-corrected chi connectivity index (χ2v) is 3.96. The summed E-state index contributed by atoms with van der Waals surface area (Å²) >= 11 is 0. The maximum atomic E-state index is 5.22. The van der Waals surface area contributed by atoms with Crippen LogP contribution in [0.4, 0.5) is 0 Å². The number of nitrogens with one attached hydrogen (secondary N) is 1. The first-order valence-electron chi connectivity index (χ1n) is 4.72. The van der Waals surface area contributed by atoms with Crippen LogP contribution in [0.1, 0.15) is 31.5 Å². The molecule has 0 aromatic carbocycles. The molecule has 1 N–H and O–H groups in total. The van der Waals surface area contributed by atoms with Crippen molar-refractivity contribution < 1.29 is 4.52 Å². The normalized spacial score (nSPS) is 21.7. The van der Waals surface area contributed by atoms with E-state index in [0.29, 0.717) is 0 Å². The van der Waals surface area contributed by atoms with Crippen molar-refractivity contribution in [2.75, 3.05) is 13.1 Å². The summed E-state index contributed by atoms with van der Waals surface area (Å²) < 4.78 is 5.22. The van der Waals surface area contributed by atoms with E-state index in [-0.39, 0.29) is 5.41 Å². The highest BCUT2D eigenvalue weighted by molar-refractivity contribution is 5.04. The summed E-state index contributed by atoms with van der Waals surface area (Å²) in [6.07, 6.45) is 2.16. The zero-order valence-corrected chi connectivity index (χ0v) is 8.13. The second-order valence-electron chi connectivity index (χ2n) is 3.96. The molecule has 2 rings (SSSR count). The van der Waals surface area contributed by atoms with Crippen LogP contribution in [-0.4, -0.2) is 23.2 Å². The summed E-state index contributed by atoms with van der Waals surface area (Å²) in [6, 6.07) is 0. The van der Waals surface area contributed by atoms with Crippen molar-refractivity contribution >= 4 is 0 Å². The third-order valence-electron chi connectivity index (χ3n) is 2.75. The molecule has 1 aliphatic rings. The van der Waals surface area contributed by atoms with Gasteiger partial charge in [0.15, 0.2) is 5.82 Å². The Morgan fingerprint density at radius 3 is 2.62 bits per heavy atom. The number of aromatic nitrogens is 2. The summed E-state index contributed by atoms with van der Waals surface area (Å²) in [7, 11) is 0. The van der Waals surface area contributed by atoms with Gasteiger partial charge in [-0.1, -0.05) is 12.1 Å². The van der Waals surface area contributed by atoms with Gasteiger partial charge in [-0.3, -0.25) is 0 Å². The second kappa shape index (κ2) is 3.10. The fraction of sp³-hybridized carbons (Fsp3) is 0.778. The first-order valence-corrected chi connectivity index (χ1v) is 4.72. The molecule has 4 heteroatoms. The van der Waals surface area contributed by atoms with Crippen molar-refractivity contribution in [3.05, 3.63) is 11.7 Å². The maximum absolute atomic E-state index is 5.22. The number of hydrogen-bond acceptors (Lipinski definition) is 4. The lowest BCUT2D eigenvalue weighted by Crippen LogP contribution is -2.37. The lowest BCUT2D eigenvalue weighted by atomic mass is 9.81. The summed E-state index contributed by atoms with van der Waals surface area (Å²) in [5, 5.41) is 7.16. The van der Waals surface area contributed by atoms with Crippen LogP contribution in [0, 0.1) is 6.92 Å². The van der Waals surface area contributed by atoms with Crippen molar-refractivity contribution in [1.29, 1.82) is 0 Å². The number of hydrogen-bond donors (Lipinski definition) is 1. The molecule has 1 saturated heterocycles. The highest BCUT2D eigenvalue weighted by Crippen LogP contribution is 2.31. The Hall–Kier alpha value is -0.900. The topological polar surface area (TPSA) is 51.0 Å². The van der Waals surface area contributed by atoms with Gasteiger partial charge in [0, 0.05) is 5.41 Å². The van der Waals surface area contributed by atoms with Crippen LogP contribution in [0.3, 0.4) is 0 Å². The van der Waals surface area contributed by atoms with Crippen molar-refractivity contribution in [3.8, 4) is 0 Å². The third kappa shape index (κ3) is 1.58. The molecule has 0 atom stereocenters. The summed E-state index contributed by atoms with van der Waals surface area (Å²) in [6.45, 7) is 6.13. The molecule has 0 spiro atoms. The fourth-order valence-electron chi connectivity index (χ4n) is 1.73. The van der Waals surface area contributed by atoms with Crippen LogP contribution < -0.4 is 5.32 Å². The summed E-state index contributed by atoms with van der Waals surface area (Å²) in [5.74, 6) is 1.53. The summed E-state index contributed by atoms with van der Waals surface area (Å²) in [4.78, 5) is 4.30. The van der Waals surface area contributed by atoms with E-state index in [9.17, 15) is 0 Å². The van der Waals surface area contributed by atoms with E-state index in [4.69, 9.17) is 4.52 Å². The Morgan fingerprint density at radius 1 is 1.38 bits per heavy atom. The highest BCUT2D eigenvalue weighted by Gasteiger charge is 2.33. The van der Waals surface area contributed by atoms with E-state index >= 15 is 0 Å². The number of piperidine rings is 1. The minimum atomic E-state index is 0.0898. The van der Waals surface area contributed by atoms with E-state index in [0.717, 1.165) is 37.6 Å². The van der Waals surface area contributed by atoms with E-state index < -0.39 is 0 Å². The molecule has 0 unspecified atom stereocenters. The zero-order valence-electron chi connectivity index (χ0n) is 8.13. The van der Waals surface area contributed by atoms with Gasteiger partial charge in [0.1, 0.15) is 0 Å². The molecule has 1 aromatic heterocycles. The molecule has 0 saturated carbocycles. The van der Waals surface area contributed by atoms with Gasteiger partial charge in [0.25, 0.3) is 0 Å². The van der Waals surface area contributed by atoms with Crippen LogP contribution in [0.15, 0.2) is 4.52 Å². The maximum Gasteiger partial charge on any atom is 0.232 e. The van der Waals surface area contributed by atoms with Crippen LogP contribution in [-0.2, 0) is 5.41 Å². The molecule has 1 fully saturated rings. The van der Waals surface area contributed by atoms with Crippen LogP contribution >= 0.6 is 0 Å². The Labute approximate surface area is 77.7 Å². The molecule has 0 bridgehead atoms. The molecular formula is C9H15N3O. The fourth-order valence-corrected chi connectivity index (χ4v) is 1.73. The van der Waals surface area contributed by atoms with E-state index in [2.05, 4.69) is 22.4 Å². The zero-order chi connectivity index (χ0) is 9.31. The van der Waals surface area contributed by atoms with Crippen LogP contribution in [0.25, 0.3) is 0 Å². The molecular weight excluding hydrogens is 166 g/mol. The van der Waals surface area contributed by atoms with Gasteiger partial charge < -0.3 is 9.84 Å². The number of rotatable bonds is 1. The molecule has 0 radical (unpaired) electrons. The van der Waals surface area contributed by atoms with E-state index in [1.54, 1.807) is 0 Å². The van der Waals surface area contributed by atoms with Gasteiger partial charge in [0.2, 0.25) is 5.89 Å². The van der Waals surface area contributed by atoms with E-state index in [1.807, 2.05) is 6.92 Å². The van der Waals surface area contributed by atoms with E-state index in [1.165, 1.54) is 0 Å². The van der Waals surface area contributed by atoms with Gasteiger partial charge in [-0.2, -0.15) is 4.98 Å². The van der Waals surface area contributed by atoms with Crippen molar-refractivity contribution in [2.45, 2.75) is 32.1 Å². The molecule has 1 aromatic rings. The van der Waals surface area contributed by atoms with Crippen molar-refractivity contribution in [3.63, 3.8) is 0 Å². The van der Waals surface area contributed by atoms with Gasteiger partial charge in [-0.15, -0.1) is 0 Å². The number of aryl methyl sites for hydroxylation is 1. The number of nitrogens with zero attached hydrogens (tertiary/aromatic N) is 2. The third-order valence-corrected chi connectivity index (χ3v) is 2.75. The smallest absolute Gasteiger partial charge is 0.232 e. The van der Waals surface area contributed by atoms with Crippen molar-refractivity contribution in [2.24, 2.45) is 0 Å². The standard InChI is InChI=1S/C9H15N3O/c1-7-11-8(13-12-7)9(2)3-5-10-6-4-9/h10H,3-6H2,1-2H3. The van der Waals surface area contributed by atoms with Gasteiger partial charge >= 0.3 is 0 Å². The average molecular weight is 181 g/mol. The Bertz CT molecular complexity index is 289. The SMILES string of the molecule is Cc1noc(C2(C)CCNCC2)n1. The first-order chi connectivity index (χ1) is 6.21. The van der Waals surface area contributed by atoms with Crippen LogP contribution in [0.2, 0.25) is 0 Å². The molecule has 13 heavy (non-hydrogen) atoms. The molecule has 0 amide bonds. The quantitative estimate of drug-likeness (QED) is 0.702. The lowest BCUT2D eigenvalue weighted by Gasteiger charge is -2.30. The average Bonchev–Trinajstić information content (AvgIpc) is 2.54. The minimum absolute atomic E-state index is 0.0898. The van der Waals surface area contributed by atoms with Gasteiger partial charge in [0.05, 0.1) is 0 Å². The highest BCUT2D eigenvalue weighted by atomic mass is 16.5.